The van der Waals surface area contributed by atoms with E-state index in [0.717, 1.165) is 31.7 Å². The second-order valence-corrected chi connectivity index (χ2v) is 5.73. The van der Waals surface area contributed by atoms with Crippen LogP contribution < -0.4 is 5.32 Å². The van der Waals surface area contributed by atoms with E-state index >= 15 is 0 Å². The highest BCUT2D eigenvalue weighted by atomic mass is 16.5. The average molecular weight is 296 g/mol. The number of nitrogens with one attached hydrogen (secondary N) is 1. The van der Waals surface area contributed by atoms with Gasteiger partial charge in [-0.15, -0.1) is 0 Å². The van der Waals surface area contributed by atoms with E-state index in [1.54, 1.807) is 0 Å². The summed E-state index contributed by atoms with van der Waals surface area (Å²) < 4.78 is 7.69. The van der Waals surface area contributed by atoms with Crippen molar-refractivity contribution < 1.29 is 4.74 Å². The minimum atomic E-state index is 0.141. The van der Waals surface area contributed by atoms with Crippen LogP contribution in [0.25, 0.3) is 0 Å². The Bertz CT molecular complexity index is 656. The van der Waals surface area contributed by atoms with Gasteiger partial charge in [-0.1, -0.05) is 12.1 Å². The second kappa shape index (κ2) is 6.73. The molecule has 1 N–H and O–H groups in total. The topological polar surface area (TPSA) is 62.9 Å². The number of benzene rings is 1. The van der Waals surface area contributed by atoms with E-state index in [0.29, 0.717) is 11.5 Å². The number of hydrogen-bond donors (Lipinski definition) is 1. The van der Waals surface area contributed by atoms with Crippen LogP contribution in [0.5, 0.6) is 0 Å². The Morgan fingerprint density at radius 1 is 1.41 bits per heavy atom. The fraction of sp³-hybridized carbons (Fsp3) is 0.412. The first-order valence-corrected chi connectivity index (χ1v) is 7.56. The van der Waals surface area contributed by atoms with Crippen molar-refractivity contribution in [1.82, 2.24) is 15.1 Å². The van der Waals surface area contributed by atoms with Gasteiger partial charge >= 0.3 is 0 Å². The molecule has 22 heavy (non-hydrogen) atoms. The molecule has 0 spiro atoms. The SMILES string of the molecule is Cn1cc([C@@H]2OCC[C@@H]2CNCc2ccc(C#N)cc2)cn1. The molecule has 1 aliphatic heterocycles. The molecule has 3 rings (SSSR count). The summed E-state index contributed by atoms with van der Waals surface area (Å²) in [5.41, 5.74) is 3.05. The van der Waals surface area contributed by atoms with Crippen molar-refractivity contribution >= 4 is 0 Å². The van der Waals surface area contributed by atoms with Crippen molar-refractivity contribution in [3.63, 3.8) is 0 Å². The largest absolute Gasteiger partial charge is 0.373 e. The van der Waals surface area contributed by atoms with Crippen molar-refractivity contribution in [2.45, 2.75) is 19.1 Å². The zero-order chi connectivity index (χ0) is 15.4. The molecule has 114 valence electrons. The molecular weight excluding hydrogens is 276 g/mol. The van der Waals surface area contributed by atoms with Crippen LogP contribution in [0.2, 0.25) is 0 Å². The third-order valence-electron chi connectivity index (χ3n) is 4.09. The van der Waals surface area contributed by atoms with Crippen molar-refractivity contribution in [1.29, 1.82) is 5.26 Å². The number of rotatable bonds is 5. The monoisotopic (exact) mass is 296 g/mol. The molecule has 0 aliphatic carbocycles. The molecule has 1 fully saturated rings. The molecule has 1 aromatic heterocycles. The molecular formula is C17H20N4O. The molecule has 0 saturated carbocycles. The molecule has 0 radical (unpaired) electrons. The van der Waals surface area contributed by atoms with E-state index in [1.807, 2.05) is 48.4 Å². The first-order valence-electron chi connectivity index (χ1n) is 7.56. The Balaban J connectivity index is 1.53. The van der Waals surface area contributed by atoms with Crippen LogP contribution in [0.3, 0.4) is 0 Å². The van der Waals surface area contributed by atoms with Gasteiger partial charge in [-0.2, -0.15) is 10.4 Å². The maximum absolute atomic E-state index is 8.80. The van der Waals surface area contributed by atoms with Gasteiger partial charge in [-0.25, -0.2) is 0 Å². The lowest BCUT2D eigenvalue weighted by Gasteiger charge is -2.17. The number of aryl methyl sites for hydroxylation is 1. The van der Waals surface area contributed by atoms with Gasteiger partial charge in [0.1, 0.15) is 0 Å². The Labute approximate surface area is 130 Å². The summed E-state index contributed by atoms with van der Waals surface area (Å²) in [5.74, 6) is 0.475. The Kier molecular flexibility index (Phi) is 4.52. The second-order valence-electron chi connectivity index (χ2n) is 5.73. The molecule has 1 aromatic carbocycles. The molecule has 5 nitrogen and oxygen atoms in total. The first-order chi connectivity index (χ1) is 10.8. The normalized spacial score (nSPS) is 20.9. The van der Waals surface area contributed by atoms with Crippen LogP contribution in [0.4, 0.5) is 0 Å². The Morgan fingerprint density at radius 3 is 2.91 bits per heavy atom. The predicted molar refractivity (Wildman–Crippen MR) is 82.9 cm³/mol. The van der Waals surface area contributed by atoms with Crippen molar-refractivity contribution in [2.75, 3.05) is 13.2 Å². The summed E-state index contributed by atoms with van der Waals surface area (Å²) in [6.07, 6.45) is 5.13. The molecule has 1 saturated heterocycles. The van der Waals surface area contributed by atoms with Crippen LogP contribution in [-0.2, 0) is 18.3 Å². The minimum absolute atomic E-state index is 0.141. The average Bonchev–Trinajstić information content (AvgIpc) is 3.16. The van der Waals surface area contributed by atoms with Gasteiger partial charge in [0.2, 0.25) is 0 Å². The molecule has 2 atom stereocenters. The molecule has 2 heterocycles. The Morgan fingerprint density at radius 2 is 2.23 bits per heavy atom. The molecule has 5 heteroatoms. The molecule has 0 unspecified atom stereocenters. The van der Waals surface area contributed by atoms with E-state index < -0.39 is 0 Å². The molecule has 0 bridgehead atoms. The van der Waals surface area contributed by atoms with Crippen molar-refractivity contribution in [3.8, 4) is 6.07 Å². The predicted octanol–water partition coefficient (Wildman–Crippen LogP) is 2.16. The number of nitriles is 1. The maximum atomic E-state index is 8.80. The van der Waals surface area contributed by atoms with Crippen molar-refractivity contribution in [3.05, 3.63) is 53.3 Å². The van der Waals surface area contributed by atoms with Gasteiger partial charge < -0.3 is 10.1 Å². The summed E-state index contributed by atoms with van der Waals surface area (Å²) in [5, 5.41) is 16.5. The summed E-state index contributed by atoms with van der Waals surface area (Å²) in [6, 6.07) is 9.84. The van der Waals surface area contributed by atoms with E-state index in [9.17, 15) is 0 Å². The van der Waals surface area contributed by atoms with Crippen LogP contribution in [0, 0.1) is 17.2 Å². The summed E-state index contributed by atoms with van der Waals surface area (Å²) >= 11 is 0. The molecule has 1 aliphatic rings. The standard InChI is InChI=1S/C17H20N4O/c1-21-12-16(11-20-21)17-15(6-7-22-17)10-19-9-14-4-2-13(8-18)3-5-14/h2-5,11-12,15,17,19H,6-7,9-10H2,1H3/t15-,17-/m1/s1. The summed E-state index contributed by atoms with van der Waals surface area (Å²) in [7, 11) is 1.93. The van der Waals surface area contributed by atoms with Gasteiger partial charge in [-0.3, -0.25) is 4.68 Å². The number of nitrogens with zero attached hydrogens (tertiary/aromatic N) is 3. The number of ether oxygens (including phenoxy) is 1. The fourth-order valence-corrected chi connectivity index (χ4v) is 2.90. The van der Waals surface area contributed by atoms with Crippen LogP contribution in [0.1, 0.15) is 29.2 Å². The van der Waals surface area contributed by atoms with Crippen LogP contribution in [0.15, 0.2) is 36.7 Å². The third-order valence-corrected chi connectivity index (χ3v) is 4.09. The van der Waals surface area contributed by atoms with Gasteiger partial charge in [0, 0.05) is 44.4 Å². The third kappa shape index (κ3) is 3.35. The van der Waals surface area contributed by atoms with Gasteiger partial charge in [0.05, 0.1) is 23.9 Å². The van der Waals surface area contributed by atoms with Crippen molar-refractivity contribution in [2.24, 2.45) is 13.0 Å². The van der Waals surface area contributed by atoms with E-state index in [-0.39, 0.29) is 6.10 Å². The van der Waals surface area contributed by atoms with Crippen LogP contribution in [-0.4, -0.2) is 22.9 Å². The number of aromatic nitrogens is 2. The number of hydrogen-bond acceptors (Lipinski definition) is 4. The van der Waals surface area contributed by atoms with Gasteiger partial charge in [-0.05, 0) is 24.1 Å². The lowest BCUT2D eigenvalue weighted by Crippen LogP contribution is -2.24. The minimum Gasteiger partial charge on any atom is -0.373 e. The lowest BCUT2D eigenvalue weighted by atomic mass is 9.97. The summed E-state index contributed by atoms with van der Waals surface area (Å²) in [4.78, 5) is 0. The summed E-state index contributed by atoms with van der Waals surface area (Å²) in [6.45, 7) is 2.53. The zero-order valence-corrected chi connectivity index (χ0v) is 12.7. The molecule has 0 amide bonds. The smallest absolute Gasteiger partial charge is 0.0991 e. The maximum Gasteiger partial charge on any atom is 0.0991 e. The fourth-order valence-electron chi connectivity index (χ4n) is 2.90. The van der Waals surface area contributed by atoms with E-state index in [4.69, 9.17) is 10.00 Å². The zero-order valence-electron chi connectivity index (χ0n) is 12.7. The van der Waals surface area contributed by atoms with E-state index in [1.165, 1.54) is 5.56 Å². The van der Waals surface area contributed by atoms with Gasteiger partial charge in [0.15, 0.2) is 0 Å². The highest BCUT2D eigenvalue weighted by molar-refractivity contribution is 5.31. The quantitative estimate of drug-likeness (QED) is 0.918. The lowest BCUT2D eigenvalue weighted by molar-refractivity contribution is 0.0904. The van der Waals surface area contributed by atoms with Crippen LogP contribution >= 0.6 is 0 Å². The highest BCUT2D eigenvalue weighted by Gasteiger charge is 2.30. The highest BCUT2D eigenvalue weighted by Crippen LogP contribution is 2.33. The molecule has 2 aromatic rings. The Hall–Kier alpha value is -2.16. The first kappa shape index (κ1) is 14.8. The van der Waals surface area contributed by atoms with E-state index in [2.05, 4.69) is 16.5 Å². The van der Waals surface area contributed by atoms with Gasteiger partial charge in [0.25, 0.3) is 0 Å².